The number of piperidine rings is 1. The molecule has 3 aliphatic heterocycles. The lowest BCUT2D eigenvalue weighted by Gasteiger charge is -2.39. The van der Waals surface area contributed by atoms with Crippen LogP contribution >= 0.6 is 0 Å². The number of hydrogen-bond acceptors (Lipinski definition) is 8. The average Bonchev–Trinajstić information content (AvgIpc) is 3.50. The van der Waals surface area contributed by atoms with Crippen molar-refractivity contribution in [1.82, 2.24) is 15.0 Å². The molecule has 8 heteroatoms. The van der Waals surface area contributed by atoms with E-state index < -0.39 is 5.60 Å². The number of fused-ring (bicyclic) bond motifs is 1. The van der Waals surface area contributed by atoms with Gasteiger partial charge in [-0.2, -0.15) is 4.98 Å². The van der Waals surface area contributed by atoms with Crippen LogP contribution in [0.15, 0.2) is 22.7 Å². The van der Waals surface area contributed by atoms with Crippen LogP contribution in [0, 0.1) is 0 Å². The Bertz CT molecular complexity index is 841. The number of hydrogen-bond donors (Lipinski definition) is 0. The van der Waals surface area contributed by atoms with Gasteiger partial charge in [-0.1, -0.05) is 17.3 Å². The Morgan fingerprint density at radius 1 is 1.24 bits per heavy atom. The highest BCUT2D eigenvalue weighted by Gasteiger charge is 2.43. The molecule has 0 unspecified atom stereocenters. The highest BCUT2D eigenvalue weighted by molar-refractivity contribution is 5.48. The SMILES string of the molecule is CCOC1(c2nc([C@H]3CCCO3)no2)CCN(Cc2cccc3c2OCO3)CC1. The Kier molecular flexibility index (Phi) is 5.15. The molecule has 3 aliphatic rings. The molecule has 2 aromatic rings. The summed E-state index contributed by atoms with van der Waals surface area (Å²) in [7, 11) is 0. The van der Waals surface area contributed by atoms with Gasteiger partial charge in [-0.25, -0.2) is 0 Å². The number of ether oxygens (including phenoxy) is 4. The van der Waals surface area contributed by atoms with Crippen LogP contribution < -0.4 is 9.47 Å². The lowest BCUT2D eigenvalue weighted by atomic mass is 9.90. The van der Waals surface area contributed by atoms with Crippen molar-refractivity contribution >= 4 is 0 Å². The fourth-order valence-electron chi connectivity index (χ4n) is 4.46. The molecule has 0 amide bonds. The van der Waals surface area contributed by atoms with Crippen LogP contribution in [0.5, 0.6) is 11.5 Å². The van der Waals surface area contributed by atoms with E-state index >= 15 is 0 Å². The predicted octanol–water partition coefficient (Wildman–Crippen LogP) is 3.18. The van der Waals surface area contributed by atoms with E-state index in [1.165, 1.54) is 0 Å². The minimum absolute atomic E-state index is 0.0475. The van der Waals surface area contributed by atoms with Crippen molar-refractivity contribution in [3.05, 3.63) is 35.5 Å². The Hall–Kier alpha value is -2.16. The Balaban J connectivity index is 1.28. The Morgan fingerprint density at radius 2 is 2.14 bits per heavy atom. The molecule has 1 atom stereocenters. The van der Waals surface area contributed by atoms with E-state index in [-0.39, 0.29) is 6.10 Å². The minimum atomic E-state index is -0.520. The van der Waals surface area contributed by atoms with E-state index in [4.69, 9.17) is 23.5 Å². The van der Waals surface area contributed by atoms with Gasteiger partial charge in [0.1, 0.15) is 11.7 Å². The third-order valence-corrected chi connectivity index (χ3v) is 6.01. The molecular weight excluding hydrogens is 374 g/mol. The third-order valence-electron chi connectivity index (χ3n) is 6.01. The lowest BCUT2D eigenvalue weighted by molar-refractivity contribution is -0.104. The number of nitrogens with zero attached hydrogens (tertiary/aromatic N) is 3. The summed E-state index contributed by atoms with van der Waals surface area (Å²) < 4.78 is 28.7. The van der Waals surface area contributed by atoms with Gasteiger partial charge in [0.2, 0.25) is 12.6 Å². The molecule has 0 N–H and O–H groups in total. The quantitative estimate of drug-likeness (QED) is 0.730. The first-order valence-corrected chi connectivity index (χ1v) is 10.5. The Morgan fingerprint density at radius 3 is 2.93 bits per heavy atom. The van der Waals surface area contributed by atoms with E-state index in [0.29, 0.717) is 25.1 Å². The van der Waals surface area contributed by atoms with E-state index in [1.807, 2.05) is 19.1 Å². The molecule has 0 saturated carbocycles. The smallest absolute Gasteiger partial charge is 0.259 e. The molecule has 8 nitrogen and oxygen atoms in total. The zero-order valence-electron chi connectivity index (χ0n) is 16.8. The number of likely N-dealkylation sites (tertiary alicyclic amines) is 1. The van der Waals surface area contributed by atoms with Crippen LogP contribution in [-0.2, 0) is 21.6 Å². The standard InChI is InChI=1S/C21H27N3O5/c1-2-28-21(20-22-19(23-29-20)17-7-4-12-25-17)8-10-24(11-9-21)13-15-5-3-6-16-18(15)27-14-26-16/h3,5-6,17H,2,4,7-14H2,1H3/t17-/m1/s1. The van der Waals surface area contributed by atoms with Gasteiger partial charge in [-0.15, -0.1) is 0 Å². The minimum Gasteiger partial charge on any atom is -0.454 e. The maximum Gasteiger partial charge on any atom is 0.259 e. The largest absolute Gasteiger partial charge is 0.454 e. The van der Waals surface area contributed by atoms with E-state index in [1.54, 1.807) is 0 Å². The summed E-state index contributed by atoms with van der Waals surface area (Å²) in [5.41, 5.74) is 0.634. The number of para-hydroxylation sites is 1. The van der Waals surface area contributed by atoms with E-state index in [9.17, 15) is 0 Å². The molecule has 156 valence electrons. The second kappa shape index (κ2) is 7.93. The molecule has 29 heavy (non-hydrogen) atoms. The van der Waals surface area contributed by atoms with Crippen LogP contribution in [0.4, 0.5) is 0 Å². The normalized spacial score (nSPS) is 23.6. The zero-order chi connectivity index (χ0) is 19.7. The van der Waals surface area contributed by atoms with Crippen molar-refractivity contribution in [2.75, 3.05) is 33.1 Å². The number of aromatic nitrogens is 2. The van der Waals surface area contributed by atoms with Gasteiger partial charge in [-0.3, -0.25) is 4.90 Å². The van der Waals surface area contributed by atoms with Crippen LogP contribution in [0.1, 0.15) is 56.0 Å². The van der Waals surface area contributed by atoms with Gasteiger partial charge in [0.15, 0.2) is 11.5 Å². The van der Waals surface area contributed by atoms with Gasteiger partial charge in [0, 0.05) is 38.4 Å². The first kappa shape index (κ1) is 18.8. The summed E-state index contributed by atoms with van der Waals surface area (Å²) in [6.45, 7) is 6.25. The number of benzene rings is 1. The molecule has 1 aromatic carbocycles. The van der Waals surface area contributed by atoms with Crippen LogP contribution in [0.2, 0.25) is 0 Å². The van der Waals surface area contributed by atoms with Crippen LogP contribution in [0.3, 0.4) is 0 Å². The molecule has 0 spiro atoms. The van der Waals surface area contributed by atoms with E-state index in [2.05, 4.69) is 21.1 Å². The van der Waals surface area contributed by atoms with Crippen LogP contribution in [-0.4, -0.2) is 48.1 Å². The van der Waals surface area contributed by atoms with Crippen molar-refractivity contribution < 1.29 is 23.5 Å². The van der Waals surface area contributed by atoms with Crippen molar-refractivity contribution in [3.63, 3.8) is 0 Å². The first-order valence-electron chi connectivity index (χ1n) is 10.5. The molecule has 2 fully saturated rings. The van der Waals surface area contributed by atoms with Crippen molar-refractivity contribution in [1.29, 1.82) is 0 Å². The molecule has 2 saturated heterocycles. The molecule has 1 aromatic heterocycles. The summed E-state index contributed by atoms with van der Waals surface area (Å²) in [6.07, 6.45) is 3.55. The Labute approximate surface area is 170 Å². The van der Waals surface area contributed by atoms with E-state index in [0.717, 1.165) is 69.0 Å². The maximum absolute atomic E-state index is 6.20. The summed E-state index contributed by atoms with van der Waals surface area (Å²) in [5.74, 6) is 2.93. The highest BCUT2D eigenvalue weighted by atomic mass is 16.7. The van der Waals surface area contributed by atoms with Crippen molar-refractivity contribution in [3.8, 4) is 11.5 Å². The second-order valence-electron chi connectivity index (χ2n) is 7.81. The van der Waals surface area contributed by atoms with Gasteiger partial charge < -0.3 is 23.5 Å². The summed E-state index contributed by atoms with van der Waals surface area (Å²) >= 11 is 0. The number of rotatable bonds is 6. The van der Waals surface area contributed by atoms with Crippen LogP contribution in [0.25, 0.3) is 0 Å². The highest BCUT2D eigenvalue weighted by Crippen LogP contribution is 2.40. The fraction of sp³-hybridized carbons (Fsp3) is 0.619. The van der Waals surface area contributed by atoms with Crippen molar-refractivity contribution in [2.45, 2.75) is 50.9 Å². The zero-order valence-corrected chi connectivity index (χ0v) is 16.8. The van der Waals surface area contributed by atoms with Gasteiger partial charge in [0.05, 0.1) is 0 Å². The molecule has 0 bridgehead atoms. The van der Waals surface area contributed by atoms with Crippen molar-refractivity contribution in [2.24, 2.45) is 0 Å². The topological polar surface area (TPSA) is 79.1 Å². The van der Waals surface area contributed by atoms with Gasteiger partial charge in [0.25, 0.3) is 5.89 Å². The first-order chi connectivity index (χ1) is 14.3. The average molecular weight is 401 g/mol. The predicted molar refractivity (Wildman–Crippen MR) is 103 cm³/mol. The van der Waals surface area contributed by atoms with Gasteiger partial charge in [-0.05, 0) is 38.7 Å². The summed E-state index contributed by atoms with van der Waals surface area (Å²) in [4.78, 5) is 7.09. The maximum atomic E-state index is 6.20. The molecule has 0 radical (unpaired) electrons. The molecule has 5 rings (SSSR count). The van der Waals surface area contributed by atoms with Gasteiger partial charge >= 0.3 is 0 Å². The summed E-state index contributed by atoms with van der Waals surface area (Å²) in [6, 6.07) is 6.06. The molecule has 4 heterocycles. The second-order valence-corrected chi connectivity index (χ2v) is 7.81. The lowest BCUT2D eigenvalue weighted by Crippen LogP contribution is -2.44. The fourth-order valence-corrected chi connectivity index (χ4v) is 4.46. The monoisotopic (exact) mass is 401 g/mol. The third kappa shape index (κ3) is 3.60. The molecular formula is C21H27N3O5. The summed E-state index contributed by atoms with van der Waals surface area (Å²) in [5, 5.41) is 4.19. The molecule has 0 aliphatic carbocycles.